The van der Waals surface area contributed by atoms with Crippen molar-refractivity contribution in [3.8, 4) is 11.3 Å². The van der Waals surface area contributed by atoms with Crippen LogP contribution in [-0.2, 0) is 32.3 Å². The number of hydrogen-bond acceptors (Lipinski definition) is 7. The van der Waals surface area contributed by atoms with Crippen LogP contribution in [0.25, 0.3) is 11.3 Å². The normalized spacial score (nSPS) is 16.4. The van der Waals surface area contributed by atoms with Gasteiger partial charge in [-0.15, -0.1) is 0 Å². The quantitative estimate of drug-likeness (QED) is 0.227. The number of fused-ring (bicyclic) bond motifs is 5. The average molecular weight is 546 g/mol. The van der Waals surface area contributed by atoms with E-state index in [-0.39, 0.29) is 94.1 Å². The number of nitrogens with zero attached hydrogens (tertiary/aromatic N) is 1. The molecule has 182 valence electrons. The van der Waals surface area contributed by atoms with E-state index >= 15 is 0 Å². The molecule has 1 aromatic carbocycles. The molecule has 1 heterocycles. The van der Waals surface area contributed by atoms with Crippen molar-refractivity contribution in [1.82, 2.24) is 0 Å². The first-order valence-corrected chi connectivity index (χ1v) is 13.2. The molecular formula is C21H25NNa2O9S2. The molecule has 14 heteroatoms. The van der Waals surface area contributed by atoms with Gasteiger partial charge in [-0.3, -0.25) is 18.7 Å². The second-order valence-electron chi connectivity index (χ2n) is 8.98. The van der Waals surface area contributed by atoms with Gasteiger partial charge >= 0.3 is 69.4 Å². The van der Waals surface area contributed by atoms with Gasteiger partial charge < -0.3 is 7.27 Å². The molecule has 0 unspecified atom stereocenters. The molecule has 0 saturated carbocycles. The van der Waals surface area contributed by atoms with Gasteiger partial charge in [0.1, 0.15) is 5.76 Å². The van der Waals surface area contributed by atoms with Crippen molar-refractivity contribution in [1.29, 1.82) is 0 Å². The van der Waals surface area contributed by atoms with Gasteiger partial charge in [-0.1, -0.05) is 26.0 Å². The molecule has 35 heavy (non-hydrogen) atoms. The van der Waals surface area contributed by atoms with Crippen LogP contribution in [0.15, 0.2) is 16.5 Å². The van der Waals surface area contributed by atoms with E-state index < -0.39 is 50.2 Å². The summed E-state index contributed by atoms with van der Waals surface area (Å²) in [6.45, 7) is 4.60. The third-order valence-corrected chi connectivity index (χ3v) is 7.96. The fraction of sp³-hybridized carbons (Fsp3) is 0.429. The van der Waals surface area contributed by atoms with Crippen LogP contribution >= 0.6 is 0 Å². The Hall–Kier alpha value is -0.540. The van der Waals surface area contributed by atoms with Crippen LogP contribution in [0.2, 0.25) is 0 Å². The van der Waals surface area contributed by atoms with E-state index in [1.165, 1.54) is 6.92 Å². The summed E-state index contributed by atoms with van der Waals surface area (Å²) in [4.78, 5) is 26.2. The topological polar surface area (TPSA) is 159 Å². The molecule has 0 bridgehead atoms. The van der Waals surface area contributed by atoms with Gasteiger partial charge in [0.2, 0.25) is 17.5 Å². The van der Waals surface area contributed by atoms with Crippen LogP contribution in [-0.4, -0.2) is 49.8 Å². The third kappa shape index (κ3) is 5.52. The van der Waals surface area contributed by atoms with Crippen molar-refractivity contribution in [3.63, 3.8) is 0 Å². The first-order chi connectivity index (χ1) is 15.1. The molecule has 0 radical (unpaired) electrons. The molecule has 10 nitrogen and oxygen atoms in total. The largest absolute Gasteiger partial charge is 1.00 e. The van der Waals surface area contributed by atoms with Gasteiger partial charge in [-0.2, -0.15) is 16.8 Å². The van der Waals surface area contributed by atoms with Crippen molar-refractivity contribution in [2.24, 2.45) is 0 Å². The average Bonchev–Trinajstić information content (AvgIpc) is 3.00. The Bertz CT molecular complexity index is 1440. The third-order valence-electron chi connectivity index (χ3n) is 6.35. The first-order valence-electron chi connectivity index (χ1n) is 10.2. The van der Waals surface area contributed by atoms with Crippen molar-refractivity contribution in [2.45, 2.75) is 45.4 Å². The minimum absolute atomic E-state index is 0. The zero-order valence-corrected chi connectivity index (χ0v) is 25.8. The van der Waals surface area contributed by atoms with Crippen LogP contribution in [0.5, 0.6) is 0 Å². The van der Waals surface area contributed by atoms with Gasteiger partial charge in [0.05, 0.1) is 17.9 Å². The number of carbonyl (C=O) groups is 2. The summed E-state index contributed by atoms with van der Waals surface area (Å²) >= 11 is 0. The van der Waals surface area contributed by atoms with E-state index in [1.54, 1.807) is 6.07 Å². The molecule has 0 saturated heterocycles. The molecular weight excluding hydrogens is 520 g/mol. The maximum absolute atomic E-state index is 13.2. The molecule has 2 aromatic rings. The van der Waals surface area contributed by atoms with Crippen molar-refractivity contribution < 1.29 is 102 Å². The number of hydrogen-bond donors (Lipinski definition) is 2. The summed E-state index contributed by atoms with van der Waals surface area (Å²) < 4.78 is 70.8. The fourth-order valence-corrected chi connectivity index (χ4v) is 6.02. The molecule has 2 N–H and O–H groups in total. The van der Waals surface area contributed by atoms with Crippen molar-refractivity contribution in [2.75, 3.05) is 16.6 Å². The van der Waals surface area contributed by atoms with Gasteiger partial charge in [0.25, 0.3) is 10.1 Å². The molecule has 0 aliphatic heterocycles. The Labute approximate surface area is 251 Å². The van der Waals surface area contributed by atoms with Crippen LogP contribution in [0, 0.1) is 6.92 Å². The summed E-state index contributed by atoms with van der Waals surface area (Å²) in [6, 6.07) is 3.53. The monoisotopic (exact) mass is 545 g/mol. The minimum Gasteiger partial charge on any atom is -1.00 e. The minimum atomic E-state index is -5.03. The Morgan fingerprint density at radius 2 is 1.66 bits per heavy atom. The maximum Gasteiger partial charge on any atom is 1.00 e. The number of rotatable bonds is 5. The predicted molar refractivity (Wildman–Crippen MR) is 121 cm³/mol. The number of furan rings is 1. The zero-order chi connectivity index (χ0) is 24.5. The predicted octanol–water partition coefficient (Wildman–Crippen LogP) is -3.02. The van der Waals surface area contributed by atoms with Gasteiger partial charge in [-0.05, 0) is 42.7 Å². The van der Waals surface area contributed by atoms with E-state index in [2.05, 4.69) is 13.8 Å². The maximum atomic E-state index is 13.2. The number of anilines is 1. The van der Waals surface area contributed by atoms with Crippen molar-refractivity contribution >= 4 is 37.9 Å². The number of Topliss-reactive ketones (excluding diaryl/α,β-unsaturated/α-hetero) is 2. The molecule has 0 amide bonds. The van der Waals surface area contributed by atoms with E-state index in [9.17, 15) is 31.0 Å². The smallest absolute Gasteiger partial charge is 1.00 e. The number of ketones is 2. The van der Waals surface area contributed by atoms with E-state index in [1.807, 2.05) is 6.07 Å². The SMILES string of the molecule is Cc1c(N(CCS(=O)(=O)O)S(=O)(=O)O)oc2c1C(=O)C(=O)c1c-2ccc2c1CCCC2(C)C.[H-].[H-].[Na+].[Na+]. The zero-order valence-electron chi connectivity index (χ0n) is 22.2. The second kappa shape index (κ2) is 10.3. The van der Waals surface area contributed by atoms with Crippen LogP contribution in [0.1, 0.15) is 66.9 Å². The van der Waals surface area contributed by atoms with Crippen LogP contribution in [0.3, 0.4) is 0 Å². The molecule has 2 aliphatic carbocycles. The number of carbonyl (C=O) groups excluding carboxylic acids is 2. The fourth-order valence-electron chi connectivity index (χ4n) is 4.78. The Balaban J connectivity index is 0.00000324. The molecule has 0 atom stereocenters. The summed E-state index contributed by atoms with van der Waals surface area (Å²) in [6.07, 6.45) is 2.36. The van der Waals surface area contributed by atoms with Crippen LogP contribution < -0.4 is 63.4 Å². The summed E-state index contributed by atoms with van der Waals surface area (Å²) in [7, 11) is -9.60. The van der Waals surface area contributed by atoms with Gasteiger partial charge in [0, 0.05) is 16.7 Å². The number of benzene rings is 1. The molecule has 1 aromatic heterocycles. The second-order valence-corrected chi connectivity index (χ2v) is 11.9. The van der Waals surface area contributed by atoms with E-state index in [0.717, 1.165) is 24.0 Å². The standard InChI is InChI=1S/C21H23NO9S2.2Na.2H/c1-11-15-17(23)18(24)16-12-5-4-8-21(2,3)14(12)7-6-13(16)19(15)31-20(11)22(33(28,29)30)9-10-32(25,26)27;;;;/h6-7H,4-5,8-10H2,1-3H3,(H,25,26,27)(H,28,29,30);;;;/q;2*+1;2*-1. The molecule has 4 rings (SSSR count). The summed E-state index contributed by atoms with van der Waals surface area (Å²) in [5.74, 6) is -3.14. The summed E-state index contributed by atoms with van der Waals surface area (Å²) in [5.41, 5.74) is 1.93. The van der Waals surface area contributed by atoms with Crippen molar-refractivity contribution in [3.05, 3.63) is 39.9 Å². The van der Waals surface area contributed by atoms with Crippen LogP contribution in [0.4, 0.5) is 5.88 Å². The van der Waals surface area contributed by atoms with E-state index in [0.29, 0.717) is 12.0 Å². The molecule has 0 fully saturated rings. The Kier molecular flexibility index (Phi) is 9.04. The van der Waals surface area contributed by atoms with E-state index in [4.69, 9.17) is 8.97 Å². The first kappa shape index (κ1) is 30.7. The Morgan fingerprint density at radius 1 is 1.06 bits per heavy atom. The Morgan fingerprint density at radius 3 is 2.23 bits per heavy atom. The van der Waals surface area contributed by atoms with Gasteiger partial charge in [-0.25, -0.2) is 4.31 Å². The molecule has 2 aliphatic rings. The summed E-state index contributed by atoms with van der Waals surface area (Å²) in [5, 5.41) is 0. The van der Waals surface area contributed by atoms with Gasteiger partial charge in [0.15, 0.2) is 0 Å². The molecule has 0 spiro atoms.